The van der Waals surface area contributed by atoms with Gasteiger partial charge in [0.15, 0.2) is 0 Å². The van der Waals surface area contributed by atoms with Crippen molar-refractivity contribution >= 4 is 44.9 Å². The van der Waals surface area contributed by atoms with Crippen LogP contribution in [-0.4, -0.2) is 32.8 Å². The first kappa shape index (κ1) is 27.5. The highest BCUT2D eigenvalue weighted by Gasteiger charge is 2.22. The van der Waals surface area contributed by atoms with Gasteiger partial charge in [0, 0.05) is 22.7 Å². The molecule has 0 bridgehead atoms. The van der Waals surface area contributed by atoms with Crippen LogP contribution in [0.15, 0.2) is 70.7 Å². The van der Waals surface area contributed by atoms with E-state index < -0.39 is 50.3 Å². The van der Waals surface area contributed by atoms with Gasteiger partial charge >= 0.3 is 13.2 Å². The first-order valence-electron chi connectivity index (χ1n) is 9.84. The van der Waals surface area contributed by atoms with Gasteiger partial charge in [-0.1, -0.05) is 17.7 Å². The molecule has 0 unspecified atom stereocenters. The maximum absolute atomic E-state index is 12.7. The van der Waals surface area contributed by atoms with E-state index in [4.69, 9.17) is 11.6 Å². The Labute approximate surface area is 211 Å². The van der Waals surface area contributed by atoms with Gasteiger partial charge in [-0.05, 0) is 42.5 Å². The van der Waals surface area contributed by atoms with Crippen LogP contribution < -0.4 is 19.6 Å². The second-order valence-electron chi connectivity index (χ2n) is 6.88. The molecule has 0 atom stereocenters. The number of nitro benzene ring substituents is 1. The predicted octanol–water partition coefficient (Wildman–Crippen LogP) is 5.70. The fraction of sp³-hybridized carbons (Fsp3) is 0.0952. The van der Waals surface area contributed by atoms with E-state index in [1.54, 1.807) is 0 Å². The van der Waals surface area contributed by atoms with E-state index >= 15 is 0 Å². The number of benzene rings is 3. The molecular weight excluding hydrogens is 548 g/mol. The lowest BCUT2D eigenvalue weighted by molar-refractivity contribution is -0.384. The molecule has 0 heterocycles. The molecule has 0 aromatic heterocycles. The van der Waals surface area contributed by atoms with Crippen molar-refractivity contribution in [2.75, 3.05) is 10.1 Å². The van der Waals surface area contributed by atoms with E-state index in [-0.39, 0.29) is 22.0 Å². The number of nitro groups is 1. The molecule has 0 spiro atoms. The third-order valence-corrected chi connectivity index (χ3v) is 5.98. The normalized spacial score (nSPS) is 11.6. The van der Waals surface area contributed by atoms with Crippen molar-refractivity contribution in [3.8, 4) is 11.5 Å². The van der Waals surface area contributed by atoms with Crippen molar-refractivity contribution in [2.24, 2.45) is 5.10 Å². The zero-order chi connectivity index (χ0) is 27.2. The number of hydrogen-bond acceptors (Lipinski definition) is 8. The summed E-state index contributed by atoms with van der Waals surface area (Å²) < 4.78 is 86.2. The van der Waals surface area contributed by atoms with Crippen molar-refractivity contribution in [1.82, 2.24) is 0 Å². The van der Waals surface area contributed by atoms with E-state index in [9.17, 15) is 36.1 Å². The summed E-state index contributed by atoms with van der Waals surface area (Å²) in [5.41, 5.74) is 1.42. The van der Waals surface area contributed by atoms with Crippen molar-refractivity contribution in [2.45, 2.75) is 18.1 Å². The van der Waals surface area contributed by atoms with Crippen LogP contribution in [0.4, 0.5) is 34.6 Å². The zero-order valence-electron chi connectivity index (χ0n) is 18.1. The van der Waals surface area contributed by atoms with Crippen LogP contribution in [0.5, 0.6) is 11.5 Å². The van der Waals surface area contributed by atoms with Crippen LogP contribution >= 0.6 is 11.6 Å². The van der Waals surface area contributed by atoms with Crippen LogP contribution in [-0.2, 0) is 10.0 Å². The highest BCUT2D eigenvalue weighted by molar-refractivity contribution is 7.92. The van der Waals surface area contributed by atoms with Gasteiger partial charge in [-0.3, -0.25) is 20.3 Å². The summed E-state index contributed by atoms with van der Waals surface area (Å²) in [7, 11) is -4.23. The Hall–Kier alpha value is -4.11. The topological polar surface area (TPSA) is 132 Å². The number of rotatable bonds is 11. The SMILES string of the molecule is O=[N+]([O-])c1cc(S(=O)(=O)Nc2cccc(Cl)c2)ccc1N/N=C\c1ccc(OC(F)F)cc1OC(F)F. The molecule has 3 rings (SSSR count). The molecule has 0 saturated heterocycles. The van der Waals surface area contributed by atoms with E-state index in [1.165, 1.54) is 24.3 Å². The lowest BCUT2D eigenvalue weighted by Gasteiger charge is -2.11. The zero-order valence-corrected chi connectivity index (χ0v) is 19.7. The quantitative estimate of drug-likeness (QED) is 0.133. The third-order valence-electron chi connectivity index (χ3n) is 4.37. The van der Waals surface area contributed by atoms with Crippen LogP contribution in [0.1, 0.15) is 5.56 Å². The number of ether oxygens (including phenoxy) is 2. The maximum Gasteiger partial charge on any atom is 0.387 e. The van der Waals surface area contributed by atoms with Gasteiger partial charge in [0.2, 0.25) is 0 Å². The monoisotopic (exact) mass is 562 g/mol. The van der Waals surface area contributed by atoms with Crippen LogP contribution in [0, 0.1) is 10.1 Å². The Bertz CT molecular complexity index is 1430. The van der Waals surface area contributed by atoms with Gasteiger partial charge in [-0.25, -0.2) is 8.42 Å². The number of nitrogens with zero attached hydrogens (tertiary/aromatic N) is 2. The Morgan fingerprint density at radius 1 is 1.00 bits per heavy atom. The molecule has 0 saturated carbocycles. The molecule has 10 nitrogen and oxygen atoms in total. The Balaban J connectivity index is 1.84. The maximum atomic E-state index is 12.7. The smallest absolute Gasteiger partial charge is 0.387 e. The molecule has 0 aliphatic carbocycles. The Morgan fingerprint density at radius 3 is 2.38 bits per heavy atom. The molecule has 196 valence electrons. The summed E-state index contributed by atoms with van der Waals surface area (Å²) in [6.45, 7) is -6.49. The molecule has 2 N–H and O–H groups in total. The molecule has 3 aromatic carbocycles. The lowest BCUT2D eigenvalue weighted by Crippen LogP contribution is -2.13. The summed E-state index contributed by atoms with van der Waals surface area (Å²) in [5, 5.41) is 15.5. The Morgan fingerprint density at radius 2 is 1.73 bits per heavy atom. The number of sulfonamides is 1. The minimum Gasteiger partial charge on any atom is -0.435 e. The summed E-state index contributed by atoms with van der Waals surface area (Å²) in [6, 6.07) is 11.6. The standard InChI is InChI=1S/C21H15ClF4N4O6S/c22-13-2-1-3-14(8-13)29-37(33,34)16-6-7-17(18(10-16)30(31)32)28-27-11-12-4-5-15(35-20(23)24)9-19(12)36-21(25)26/h1-11,20-21,28-29H/b27-11-. The summed E-state index contributed by atoms with van der Waals surface area (Å²) in [6.07, 6.45) is 0.930. The average molecular weight is 563 g/mol. The number of hydrazone groups is 1. The minimum atomic E-state index is -4.23. The molecule has 0 aliphatic heterocycles. The van der Waals surface area contributed by atoms with Crippen molar-refractivity contribution in [1.29, 1.82) is 0 Å². The molecule has 0 radical (unpaired) electrons. The summed E-state index contributed by atoms with van der Waals surface area (Å²) in [4.78, 5) is 10.2. The molecule has 37 heavy (non-hydrogen) atoms. The van der Waals surface area contributed by atoms with Crippen molar-refractivity contribution < 1.29 is 40.4 Å². The van der Waals surface area contributed by atoms with E-state index in [0.29, 0.717) is 0 Å². The number of halogens is 5. The number of nitrogens with one attached hydrogen (secondary N) is 2. The second kappa shape index (κ2) is 11.7. The van der Waals surface area contributed by atoms with E-state index in [2.05, 4.69) is 24.7 Å². The van der Waals surface area contributed by atoms with Gasteiger partial charge < -0.3 is 9.47 Å². The molecule has 0 amide bonds. The lowest BCUT2D eigenvalue weighted by atomic mass is 10.2. The highest BCUT2D eigenvalue weighted by atomic mass is 35.5. The highest BCUT2D eigenvalue weighted by Crippen LogP contribution is 2.30. The van der Waals surface area contributed by atoms with Gasteiger partial charge in [0.1, 0.15) is 17.2 Å². The van der Waals surface area contributed by atoms with Gasteiger partial charge in [0.25, 0.3) is 15.7 Å². The third kappa shape index (κ3) is 7.68. The van der Waals surface area contributed by atoms with Gasteiger partial charge in [0.05, 0.1) is 21.7 Å². The first-order chi connectivity index (χ1) is 17.4. The average Bonchev–Trinajstić information content (AvgIpc) is 2.79. The van der Waals surface area contributed by atoms with Crippen molar-refractivity contribution in [3.63, 3.8) is 0 Å². The molecule has 0 aliphatic rings. The molecule has 16 heteroatoms. The van der Waals surface area contributed by atoms with E-state index in [0.717, 1.165) is 42.6 Å². The largest absolute Gasteiger partial charge is 0.435 e. The Kier molecular flexibility index (Phi) is 8.73. The fourth-order valence-electron chi connectivity index (χ4n) is 2.86. The molecule has 0 fully saturated rings. The number of anilines is 2. The number of hydrogen-bond donors (Lipinski definition) is 2. The summed E-state index contributed by atoms with van der Waals surface area (Å²) in [5.74, 6) is -1.00. The number of alkyl halides is 4. The van der Waals surface area contributed by atoms with Crippen LogP contribution in [0.2, 0.25) is 5.02 Å². The second-order valence-corrected chi connectivity index (χ2v) is 9.00. The molecular formula is C21H15ClF4N4O6S. The fourth-order valence-corrected chi connectivity index (χ4v) is 4.12. The van der Waals surface area contributed by atoms with Crippen molar-refractivity contribution in [3.05, 3.63) is 81.4 Å². The minimum absolute atomic E-state index is 0.109. The van der Waals surface area contributed by atoms with Crippen LogP contribution in [0.3, 0.4) is 0 Å². The molecule has 3 aromatic rings. The van der Waals surface area contributed by atoms with E-state index in [1.807, 2.05) is 0 Å². The summed E-state index contributed by atoms with van der Waals surface area (Å²) >= 11 is 5.84. The predicted molar refractivity (Wildman–Crippen MR) is 126 cm³/mol. The first-order valence-corrected chi connectivity index (χ1v) is 11.7. The van der Waals surface area contributed by atoms with Gasteiger partial charge in [-0.2, -0.15) is 22.7 Å². The van der Waals surface area contributed by atoms with Gasteiger partial charge in [-0.15, -0.1) is 0 Å². The van der Waals surface area contributed by atoms with Crippen LogP contribution in [0.25, 0.3) is 0 Å².